The fourth-order valence-electron chi connectivity index (χ4n) is 1.61. The molecule has 100 valence electrons. The van der Waals surface area contributed by atoms with Gasteiger partial charge in [-0.25, -0.2) is 0 Å². The van der Waals surface area contributed by atoms with Crippen LogP contribution in [-0.2, 0) is 0 Å². The van der Waals surface area contributed by atoms with Crippen LogP contribution in [0.3, 0.4) is 0 Å². The Hall–Kier alpha value is -1.87. The molecule has 0 atom stereocenters. The van der Waals surface area contributed by atoms with E-state index in [9.17, 15) is 0 Å². The molecule has 0 aliphatic heterocycles. The fourth-order valence-corrected chi connectivity index (χ4v) is 1.79. The van der Waals surface area contributed by atoms with E-state index in [0.717, 1.165) is 6.42 Å². The van der Waals surface area contributed by atoms with Gasteiger partial charge < -0.3 is 15.2 Å². The zero-order valence-corrected chi connectivity index (χ0v) is 11.5. The van der Waals surface area contributed by atoms with Crippen molar-refractivity contribution in [3.63, 3.8) is 0 Å². The van der Waals surface area contributed by atoms with E-state index in [4.69, 9.17) is 26.8 Å². The summed E-state index contributed by atoms with van der Waals surface area (Å²) in [7, 11) is 0. The highest BCUT2D eigenvalue weighted by atomic mass is 35.5. The number of hydrogen-bond acceptors (Lipinski definition) is 3. The van der Waals surface area contributed by atoms with Gasteiger partial charge in [-0.2, -0.15) is 0 Å². The Bertz CT molecular complexity index is 558. The van der Waals surface area contributed by atoms with E-state index in [0.29, 0.717) is 34.6 Å². The standard InChI is InChI=1S/C15H16ClNO2/c1-2-9-18-13-7-4-8-14(15(13)17)19-12-6-3-5-11(16)10-12/h3-8,10H,2,9,17H2,1H3. The molecule has 3 nitrogen and oxygen atoms in total. The van der Waals surface area contributed by atoms with Crippen molar-refractivity contribution in [2.45, 2.75) is 13.3 Å². The Morgan fingerprint density at radius 3 is 2.58 bits per heavy atom. The predicted octanol–water partition coefficient (Wildman–Crippen LogP) is 4.50. The maximum atomic E-state index is 6.03. The van der Waals surface area contributed by atoms with Crippen molar-refractivity contribution >= 4 is 17.3 Å². The van der Waals surface area contributed by atoms with Crippen LogP contribution in [0.2, 0.25) is 5.02 Å². The molecule has 2 aromatic carbocycles. The highest BCUT2D eigenvalue weighted by molar-refractivity contribution is 6.30. The Balaban J connectivity index is 2.20. The van der Waals surface area contributed by atoms with Gasteiger partial charge in [-0.05, 0) is 36.8 Å². The SMILES string of the molecule is CCCOc1cccc(Oc2cccc(Cl)c2)c1N. The van der Waals surface area contributed by atoms with Crippen LogP contribution in [0, 0.1) is 0 Å². The van der Waals surface area contributed by atoms with Crippen molar-refractivity contribution in [3.8, 4) is 17.2 Å². The second-order valence-electron chi connectivity index (χ2n) is 4.08. The van der Waals surface area contributed by atoms with E-state index in [1.165, 1.54) is 0 Å². The molecule has 0 aromatic heterocycles. The Labute approximate surface area is 117 Å². The second-order valence-corrected chi connectivity index (χ2v) is 4.51. The maximum Gasteiger partial charge on any atom is 0.154 e. The Morgan fingerprint density at radius 1 is 1.11 bits per heavy atom. The number of rotatable bonds is 5. The van der Waals surface area contributed by atoms with Gasteiger partial charge in [0.1, 0.15) is 17.2 Å². The van der Waals surface area contributed by atoms with E-state index in [2.05, 4.69) is 0 Å². The highest BCUT2D eigenvalue weighted by Crippen LogP contribution is 2.35. The number of nitrogen functional groups attached to an aromatic ring is 1. The molecule has 2 rings (SSSR count). The molecule has 0 bridgehead atoms. The fraction of sp³-hybridized carbons (Fsp3) is 0.200. The third kappa shape index (κ3) is 3.55. The number of halogens is 1. The molecular weight excluding hydrogens is 262 g/mol. The quantitative estimate of drug-likeness (QED) is 0.818. The summed E-state index contributed by atoms with van der Waals surface area (Å²) in [6.45, 7) is 2.67. The smallest absolute Gasteiger partial charge is 0.154 e. The minimum atomic E-state index is 0.496. The topological polar surface area (TPSA) is 44.5 Å². The summed E-state index contributed by atoms with van der Waals surface area (Å²) in [6, 6.07) is 12.7. The highest BCUT2D eigenvalue weighted by Gasteiger charge is 2.08. The third-order valence-electron chi connectivity index (χ3n) is 2.51. The van der Waals surface area contributed by atoms with Crippen molar-refractivity contribution in [1.29, 1.82) is 0 Å². The van der Waals surface area contributed by atoms with Crippen LogP contribution in [0.1, 0.15) is 13.3 Å². The molecule has 0 saturated heterocycles. The molecule has 0 unspecified atom stereocenters. The van der Waals surface area contributed by atoms with Gasteiger partial charge in [-0.1, -0.05) is 30.7 Å². The number of benzene rings is 2. The summed E-state index contributed by atoms with van der Waals surface area (Å²) in [5.74, 6) is 1.85. The molecule has 0 fully saturated rings. The first-order chi connectivity index (χ1) is 9.20. The lowest BCUT2D eigenvalue weighted by Gasteiger charge is -2.12. The molecule has 0 saturated carbocycles. The van der Waals surface area contributed by atoms with Crippen molar-refractivity contribution in [3.05, 3.63) is 47.5 Å². The van der Waals surface area contributed by atoms with Crippen LogP contribution in [0.5, 0.6) is 17.2 Å². The van der Waals surface area contributed by atoms with E-state index in [1.807, 2.05) is 31.2 Å². The Morgan fingerprint density at radius 2 is 1.84 bits per heavy atom. The first kappa shape index (κ1) is 13.6. The molecule has 19 heavy (non-hydrogen) atoms. The van der Waals surface area contributed by atoms with Crippen molar-refractivity contribution < 1.29 is 9.47 Å². The predicted molar refractivity (Wildman–Crippen MR) is 78.2 cm³/mol. The van der Waals surface area contributed by atoms with Gasteiger partial charge >= 0.3 is 0 Å². The molecule has 0 spiro atoms. The lowest BCUT2D eigenvalue weighted by molar-refractivity contribution is 0.318. The molecule has 2 aromatic rings. The van der Waals surface area contributed by atoms with Crippen molar-refractivity contribution in [1.82, 2.24) is 0 Å². The van der Waals surface area contributed by atoms with Crippen LogP contribution in [-0.4, -0.2) is 6.61 Å². The van der Waals surface area contributed by atoms with Gasteiger partial charge in [0.25, 0.3) is 0 Å². The number of anilines is 1. The van der Waals surface area contributed by atoms with E-state index < -0.39 is 0 Å². The van der Waals surface area contributed by atoms with Crippen LogP contribution < -0.4 is 15.2 Å². The molecule has 0 amide bonds. The number of hydrogen-bond donors (Lipinski definition) is 1. The molecule has 0 heterocycles. The normalized spacial score (nSPS) is 10.2. The van der Waals surface area contributed by atoms with Crippen molar-refractivity contribution in [2.75, 3.05) is 12.3 Å². The third-order valence-corrected chi connectivity index (χ3v) is 2.75. The van der Waals surface area contributed by atoms with E-state index in [1.54, 1.807) is 18.2 Å². The van der Waals surface area contributed by atoms with Crippen LogP contribution in [0.25, 0.3) is 0 Å². The first-order valence-corrected chi connectivity index (χ1v) is 6.53. The lowest BCUT2D eigenvalue weighted by Crippen LogP contribution is -2.00. The van der Waals surface area contributed by atoms with Gasteiger partial charge in [0.2, 0.25) is 0 Å². The number of para-hydroxylation sites is 1. The Kier molecular flexibility index (Phi) is 4.53. The average molecular weight is 278 g/mol. The van der Waals surface area contributed by atoms with Gasteiger partial charge in [0.05, 0.1) is 6.61 Å². The molecular formula is C15H16ClNO2. The van der Waals surface area contributed by atoms with Crippen LogP contribution in [0.4, 0.5) is 5.69 Å². The van der Waals surface area contributed by atoms with Crippen LogP contribution >= 0.6 is 11.6 Å². The van der Waals surface area contributed by atoms with Crippen LogP contribution in [0.15, 0.2) is 42.5 Å². The lowest BCUT2D eigenvalue weighted by atomic mass is 10.2. The summed E-state index contributed by atoms with van der Waals surface area (Å²) in [5.41, 5.74) is 6.52. The minimum absolute atomic E-state index is 0.496. The van der Waals surface area contributed by atoms with Gasteiger partial charge in [-0.15, -0.1) is 0 Å². The summed E-state index contributed by atoms with van der Waals surface area (Å²) in [5, 5.41) is 0.620. The minimum Gasteiger partial charge on any atom is -0.491 e. The summed E-state index contributed by atoms with van der Waals surface area (Å²) < 4.78 is 11.3. The molecule has 0 aliphatic rings. The maximum absolute atomic E-state index is 6.03. The average Bonchev–Trinajstić information content (AvgIpc) is 2.40. The summed E-state index contributed by atoms with van der Waals surface area (Å²) in [4.78, 5) is 0. The zero-order chi connectivity index (χ0) is 13.7. The van der Waals surface area contributed by atoms with E-state index in [-0.39, 0.29) is 0 Å². The monoisotopic (exact) mass is 277 g/mol. The first-order valence-electron chi connectivity index (χ1n) is 6.15. The van der Waals surface area contributed by atoms with Gasteiger partial charge in [0.15, 0.2) is 5.75 Å². The number of nitrogens with two attached hydrogens (primary N) is 1. The largest absolute Gasteiger partial charge is 0.491 e. The number of ether oxygens (including phenoxy) is 2. The van der Waals surface area contributed by atoms with E-state index >= 15 is 0 Å². The molecule has 0 radical (unpaired) electrons. The zero-order valence-electron chi connectivity index (χ0n) is 10.7. The molecule has 0 aliphatic carbocycles. The van der Waals surface area contributed by atoms with Gasteiger partial charge in [-0.3, -0.25) is 0 Å². The molecule has 2 N–H and O–H groups in total. The summed E-state index contributed by atoms with van der Waals surface area (Å²) in [6.07, 6.45) is 0.929. The molecule has 4 heteroatoms. The summed E-state index contributed by atoms with van der Waals surface area (Å²) >= 11 is 5.91. The van der Waals surface area contributed by atoms with Gasteiger partial charge in [0, 0.05) is 5.02 Å². The van der Waals surface area contributed by atoms with Crippen molar-refractivity contribution in [2.24, 2.45) is 0 Å². The second kappa shape index (κ2) is 6.34.